The summed E-state index contributed by atoms with van der Waals surface area (Å²) in [5.41, 5.74) is 1.46. The van der Waals surface area contributed by atoms with E-state index in [9.17, 15) is 0 Å². The molecule has 0 aliphatic carbocycles. The molecule has 0 spiro atoms. The molecule has 0 heterocycles. The van der Waals surface area contributed by atoms with Gasteiger partial charge in [0.25, 0.3) is 0 Å². The molecule has 0 atom stereocenters. The van der Waals surface area contributed by atoms with Gasteiger partial charge in [-0.15, -0.1) is 0 Å². The van der Waals surface area contributed by atoms with Crippen molar-refractivity contribution in [3.05, 3.63) is 34.3 Å². The second-order valence-corrected chi connectivity index (χ2v) is 5.46. The quantitative estimate of drug-likeness (QED) is 0.659. The Morgan fingerprint density at radius 2 is 1.65 bits per heavy atom. The number of halogens is 1. The maximum atomic E-state index is 3.46. The first-order valence-electron chi connectivity index (χ1n) is 6.78. The zero-order valence-electron chi connectivity index (χ0n) is 10.8. The normalized spacial score (nSPS) is 10.7. The molecule has 1 aromatic carbocycles. The van der Waals surface area contributed by atoms with Gasteiger partial charge in [0.1, 0.15) is 0 Å². The molecule has 0 aromatic heterocycles. The fourth-order valence-electron chi connectivity index (χ4n) is 1.89. The highest BCUT2D eigenvalue weighted by Gasteiger charge is 1.94. The van der Waals surface area contributed by atoms with Crippen molar-refractivity contribution in [2.24, 2.45) is 0 Å². The number of unbranched alkanes of at least 4 members (excludes halogenated alkanes) is 3. The molecule has 0 aliphatic rings. The summed E-state index contributed by atoms with van der Waals surface area (Å²) < 4.78 is 1.17. The predicted molar refractivity (Wildman–Crippen MR) is 79.5 cm³/mol. The first kappa shape index (κ1) is 14.7. The van der Waals surface area contributed by atoms with Crippen LogP contribution in [0.25, 0.3) is 0 Å². The van der Waals surface area contributed by atoms with E-state index in [1.165, 1.54) is 61.7 Å². The Labute approximate surface area is 114 Å². The summed E-state index contributed by atoms with van der Waals surface area (Å²) in [6.45, 7) is 4.57. The molecule has 2 heteroatoms. The van der Waals surface area contributed by atoms with Crippen LogP contribution in [-0.4, -0.2) is 13.1 Å². The molecule has 0 saturated carbocycles. The van der Waals surface area contributed by atoms with Gasteiger partial charge in [0, 0.05) is 4.47 Å². The minimum absolute atomic E-state index is 1.17. The SMILES string of the molecule is CCCNCCCCCCc1ccc(Br)cc1. The van der Waals surface area contributed by atoms with Crippen molar-refractivity contribution >= 4 is 15.9 Å². The molecule has 0 fully saturated rings. The molecule has 1 N–H and O–H groups in total. The molecule has 1 rings (SSSR count). The minimum Gasteiger partial charge on any atom is -0.317 e. The Hall–Kier alpha value is -0.340. The average Bonchev–Trinajstić information content (AvgIpc) is 2.35. The van der Waals surface area contributed by atoms with Gasteiger partial charge in [-0.2, -0.15) is 0 Å². The van der Waals surface area contributed by atoms with Crippen molar-refractivity contribution < 1.29 is 0 Å². The molecule has 0 saturated heterocycles. The molecule has 0 bridgehead atoms. The molecule has 17 heavy (non-hydrogen) atoms. The third-order valence-corrected chi connectivity index (χ3v) is 3.44. The highest BCUT2D eigenvalue weighted by Crippen LogP contribution is 2.13. The Morgan fingerprint density at radius 1 is 0.941 bits per heavy atom. The smallest absolute Gasteiger partial charge is 0.0175 e. The number of hydrogen-bond acceptors (Lipinski definition) is 1. The van der Waals surface area contributed by atoms with E-state index < -0.39 is 0 Å². The maximum absolute atomic E-state index is 3.46. The van der Waals surface area contributed by atoms with E-state index in [1.807, 2.05) is 0 Å². The van der Waals surface area contributed by atoms with Gasteiger partial charge < -0.3 is 5.32 Å². The van der Waals surface area contributed by atoms with Gasteiger partial charge in [0.2, 0.25) is 0 Å². The van der Waals surface area contributed by atoms with E-state index in [1.54, 1.807) is 0 Å². The summed E-state index contributed by atoms with van der Waals surface area (Å²) in [5.74, 6) is 0. The Balaban J connectivity index is 1.95. The Bertz CT molecular complexity index is 281. The second-order valence-electron chi connectivity index (χ2n) is 4.54. The lowest BCUT2D eigenvalue weighted by Crippen LogP contribution is -2.15. The number of aryl methyl sites for hydroxylation is 1. The van der Waals surface area contributed by atoms with E-state index in [4.69, 9.17) is 0 Å². The lowest BCUT2D eigenvalue weighted by atomic mass is 10.1. The van der Waals surface area contributed by atoms with Crippen molar-refractivity contribution in [2.75, 3.05) is 13.1 Å². The van der Waals surface area contributed by atoms with E-state index in [0.29, 0.717) is 0 Å². The molecule has 0 unspecified atom stereocenters. The van der Waals surface area contributed by atoms with Crippen LogP contribution in [-0.2, 0) is 6.42 Å². The van der Waals surface area contributed by atoms with Crippen molar-refractivity contribution in [1.29, 1.82) is 0 Å². The molecule has 0 aliphatic heterocycles. The van der Waals surface area contributed by atoms with Crippen LogP contribution in [0, 0.1) is 0 Å². The summed E-state index contributed by atoms with van der Waals surface area (Å²) in [6, 6.07) is 8.69. The topological polar surface area (TPSA) is 12.0 Å². The number of hydrogen-bond donors (Lipinski definition) is 1. The number of nitrogens with one attached hydrogen (secondary N) is 1. The average molecular weight is 298 g/mol. The third kappa shape index (κ3) is 7.56. The van der Waals surface area contributed by atoms with Gasteiger partial charge in [-0.1, -0.05) is 47.8 Å². The van der Waals surface area contributed by atoms with Crippen molar-refractivity contribution in [2.45, 2.75) is 45.4 Å². The fraction of sp³-hybridized carbons (Fsp3) is 0.600. The van der Waals surface area contributed by atoms with Gasteiger partial charge in [0.05, 0.1) is 0 Å². The van der Waals surface area contributed by atoms with E-state index in [-0.39, 0.29) is 0 Å². The van der Waals surface area contributed by atoms with E-state index >= 15 is 0 Å². The molecule has 0 amide bonds. The molecule has 1 aromatic rings. The van der Waals surface area contributed by atoms with Gasteiger partial charge in [-0.25, -0.2) is 0 Å². The van der Waals surface area contributed by atoms with Crippen LogP contribution >= 0.6 is 15.9 Å². The van der Waals surface area contributed by atoms with E-state index in [2.05, 4.69) is 52.4 Å². The summed E-state index contributed by atoms with van der Waals surface area (Å²) in [7, 11) is 0. The highest BCUT2D eigenvalue weighted by molar-refractivity contribution is 9.10. The summed E-state index contributed by atoms with van der Waals surface area (Å²) in [5, 5.41) is 3.44. The highest BCUT2D eigenvalue weighted by atomic mass is 79.9. The molecule has 1 nitrogen and oxygen atoms in total. The van der Waals surface area contributed by atoms with Crippen molar-refractivity contribution in [3.8, 4) is 0 Å². The summed E-state index contributed by atoms with van der Waals surface area (Å²) in [4.78, 5) is 0. The lowest BCUT2D eigenvalue weighted by molar-refractivity contribution is 0.585. The first-order valence-corrected chi connectivity index (χ1v) is 7.57. The third-order valence-electron chi connectivity index (χ3n) is 2.91. The zero-order chi connectivity index (χ0) is 12.3. The Kier molecular flexibility index (Phi) is 8.37. The van der Waals surface area contributed by atoms with Crippen LogP contribution in [0.15, 0.2) is 28.7 Å². The lowest BCUT2D eigenvalue weighted by Gasteiger charge is -2.04. The standard InChI is InChI=1S/C15H24BrN/c1-2-12-17-13-6-4-3-5-7-14-8-10-15(16)11-9-14/h8-11,17H,2-7,12-13H2,1H3. The van der Waals surface area contributed by atoms with Crippen LogP contribution in [0.2, 0.25) is 0 Å². The number of benzene rings is 1. The van der Waals surface area contributed by atoms with Crippen molar-refractivity contribution in [1.82, 2.24) is 5.32 Å². The van der Waals surface area contributed by atoms with Crippen LogP contribution in [0.5, 0.6) is 0 Å². The molecule has 0 radical (unpaired) electrons. The fourth-order valence-corrected chi connectivity index (χ4v) is 2.15. The van der Waals surface area contributed by atoms with Crippen molar-refractivity contribution in [3.63, 3.8) is 0 Å². The van der Waals surface area contributed by atoms with Gasteiger partial charge in [0.15, 0.2) is 0 Å². The largest absolute Gasteiger partial charge is 0.317 e. The zero-order valence-corrected chi connectivity index (χ0v) is 12.4. The summed E-state index contributed by atoms with van der Waals surface area (Å²) >= 11 is 3.46. The minimum atomic E-state index is 1.17. The van der Waals surface area contributed by atoms with Crippen LogP contribution in [0.1, 0.15) is 44.6 Å². The predicted octanol–water partition coefficient (Wildman–Crippen LogP) is 4.55. The molecule has 96 valence electrons. The van der Waals surface area contributed by atoms with Gasteiger partial charge >= 0.3 is 0 Å². The van der Waals surface area contributed by atoms with Crippen LogP contribution < -0.4 is 5.32 Å². The summed E-state index contributed by atoms with van der Waals surface area (Å²) in [6.07, 6.45) is 7.80. The van der Waals surface area contributed by atoms with E-state index in [0.717, 1.165) is 0 Å². The van der Waals surface area contributed by atoms with Crippen LogP contribution in [0.4, 0.5) is 0 Å². The molecular weight excluding hydrogens is 274 g/mol. The first-order chi connectivity index (χ1) is 8.33. The Morgan fingerprint density at radius 3 is 2.35 bits per heavy atom. The second kappa shape index (κ2) is 9.67. The molecular formula is C15H24BrN. The monoisotopic (exact) mass is 297 g/mol. The van der Waals surface area contributed by atoms with Gasteiger partial charge in [-0.3, -0.25) is 0 Å². The maximum Gasteiger partial charge on any atom is 0.0175 e. The van der Waals surface area contributed by atoms with Gasteiger partial charge in [-0.05, 0) is 56.5 Å². The number of rotatable bonds is 9. The van der Waals surface area contributed by atoms with Crippen LogP contribution in [0.3, 0.4) is 0 Å².